The maximum Gasteiger partial charge on any atom is 0.243 e. The zero-order chi connectivity index (χ0) is 17.8. The molecule has 0 bridgehead atoms. The number of halogens is 1. The van der Waals surface area contributed by atoms with Crippen molar-refractivity contribution >= 4 is 35.8 Å². The van der Waals surface area contributed by atoms with E-state index >= 15 is 0 Å². The van der Waals surface area contributed by atoms with Gasteiger partial charge in [-0.3, -0.25) is 4.79 Å². The molecule has 0 aromatic carbocycles. The predicted molar refractivity (Wildman–Crippen MR) is 117 cm³/mol. The van der Waals surface area contributed by atoms with Gasteiger partial charge < -0.3 is 20.4 Å². The van der Waals surface area contributed by atoms with Crippen molar-refractivity contribution in [1.82, 2.24) is 20.4 Å². The molecule has 0 unspecified atom stereocenters. The Morgan fingerprint density at radius 2 is 1.76 bits per heavy atom. The number of likely N-dealkylation sites (tertiary alicyclic amines) is 1. The van der Waals surface area contributed by atoms with Gasteiger partial charge in [0.05, 0.1) is 0 Å². The Morgan fingerprint density at radius 3 is 2.32 bits per heavy atom. The van der Waals surface area contributed by atoms with Crippen LogP contribution in [0.15, 0.2) is 4.99 Å². The van der Waals surface area contributed by atoms with Crippen molar-refractivity contribution in [2.24, 2.45) is 10.9 Å². The summed E-state index contributed by atoms with van der Waals surface area (Å²) >= 11 is 0. The van der Waals surface area contributed by atoms with Gasteiger partial charge in [-0.1, -0.05) is 20.3 Å². The van der Waals surface area contributed by atoms with Gasteiger partial charge in [-0.05, 0) is 51.2 Å². The number of carbonyl (C=O) groups is 1. The quantitative estimate of drug-likeness (QED) is 0.236. The van der Waals surface area contributed by atoms with Gasteiger partial charge in [0.1, 0.15) is 6.54 Å². The Kier molecular flexibility index (Phi) is 14.3. The molecule has 0 atom stereocenters. The Hall–Kier alpha value is -0.570. The second kappa shape index (κ2) is 14.6. The van der Waals surface area contributed by atoms with Crippen molar-refractivity contribution in [3.63, 3.8) is 0 Å². The van der Waals surface area contributed by atoms with Crippen LogP contribution in [0.4, 0.5) is 0 Å². The summed E-state index contributed by atoms with van der Waals surface area (Å²) in [6, 6.07) is 0. The summed E-state index contributed by atoms with van der Waals surface area (Å²) < 4.78 is 0. The number of nitrogens with one attached hydrogen (secondary N) is 2. The minimum absolute atomic E-state index is 0. The number of hydrogen-bond donors (Lipinski definition) is 2. The Morgan fingerprint density at radius 1 is 1.16 bits per heavy atom. The summed E-state index contributed by atoms with van der Waals surface area (Å²) in [4.78, 5) is 20.2. The third-order valence-electron chi connectivity index (χ3n) is 4.51. The average Bonchev–Trinajstić information content (AvgIpc) is 2.57. The molecule has 0 aliphatic carbocycles. The molecular weight excluding hydrogens is 429 g/mol. The fourth-order valence-corrected chi connectivity index (χ4v) is 2.64. The van der Waals surface area contributed by atoms with Gasteiger partial charge in [-0.2, -0.15) is 0 Å². The number of likely N-dealkylation sites (N-methyl/N-ethyl adjacent to an activating group) is 1. The van der Waals surface area contributed by atoms with E-state index in [1.54, 1.807) is 19.0 Å². The highest BCUT2D eigenvalue weighted by molar-refractivity contribution is 14.0. The monoisotopic (exact) mass is 467 g/mol. The first-order valence-corrected chi connectivity index (χ1v) is 9.47. The van der Waals surface area contributed by atoms with Crippen LogP contribution in [0.1, 0.15) is 46.0 Å². The van der Waals surface area contributed by atoms with Crippen molar-refractivity contribution in [2.75, 3.05) is 53.4 Å². The van der Waals surface area contributed by atoms with Gasteiger partial charge in [-0.25, -0.2) is 4.99 Å². The zero-order valence-corrected chi connectivity index (χ0v) is 18.8. The summed E-state index contributed by atoms with van der Waals surface area (Å²) in [5.74, 6) is 1.66. The molecule has 148 valence electrons. The van der Waals surface area contributed by atoms with Crippen LogP contribution in [-0.2, 0) is 4.79 Å². The summed E-state index contributed by atoms with van der Waals surface area (Å²) in [6.45, 7) is 10.1. The molecule has 1 fully saturated rings. The molecule has 0 radical (unpaired) electrons. The van der Waals surface area contributed by atoms with E-state index in [2.05, 4.69) is 34.4 Å². The minimum Gasteiger partial charge on any atom is -0.356 e. The van der Waals surface area contributed by atoms with Crippen LogP contribution in [0.2, 0.25) is 0 Å². The Labute approximate surface area is 171 Å². The highest BCUT2D eigenvalue weighted by atomic mass is 127. The van der Waals surface area contributed by atoms with E-state index in [9.17, 15) is 4.79 Å². The molecule has 1 saturated heterocycles. The fraction of sp³-hybridized carbons (Fsp3) is 0.889. The molecule has 0 aromatic rings. The second-order valence-corrected chi connectivity index (χ2v) is 7.04. The molecule has 2 N–H and O–H groups in total. The molecule has 1 aliphatic rings. The van der Waals surface area contributed by atoms with E-state index in [0.717, 1.165) is 50.8 Å². The molecule has 0 aromatic heterocycles. The number of hydrogen-bond acceptors (Lipinski definition) is 3. The number of unbranched alkanes of at least 4 members (excludes halogenated alkanes) is 1. The molecule has 1 aliphatic heterocycles. The van der Waals surface area contributed by atoms with Gasteiger partial charge in [0.15, 0.2) is 5.96 Å². The van der Waals surface area contributed by atoms with Gasteiger partial charge in [0, 0.05) is 27.2 Å². The Bertz CT molecular complexity index is 382. The van der Waals surface area contributed by atoms with Gasteiger partial charge in [-0.15, -0.1) is 24.0 Å². The van der Waals surface area contributed by atoms with Crippen molar-refractivity contribution in [1.29, 1.82) is 0 Å². The molecular formula is C18H38IN5O. The van der Waals surface area contributed by atoms with Crippen LogP contribution in [-0.4, -0.2) is 75.0 Å². The first-order valence-electron chi connectivity index (χ1n) is 9.47. The third-order valence-corrected chi connectivity index (χ3v) is 4.51. The van der Waals surface area contributed by atoms with Gasteiger partial charge >= 0.3 is 0 Å². The van der Waals surface area contributed by atoms with Crippen molar-refractivity contribution in [2.45, 2.75) is 46.0 Å². The lowest BCUT2D eigenvalue weighted by Gasteiger charge is -2.30. The molecule has 6 nitrogen and oxygen atoms in total. The first kappa shape index (κ1) is 24.4. The number of aliphatic imine (C=N–C) groups is 1. The number of amides is 1. The predicted octanol–water partition coefficient (Wildman–Crippen LogP) is 2.15. The van der Waals surface area contributed by atoms with E-state index in [1.165, 1.54) is 25.9 Å². The van der Waals surface area contributed by atoms with Crippen molar-refractivity contribution in [3.05, 3.63) is 0 Å². The van der Waals surface area contributed by atoms with E-state index in [1.807, 2.05) is 0 Å². The molecule has 0 saturated carbocycles. The lowest BCUT2D eigenvalue weighted by Crippen LogP contribution is -2.41. The van der Waals surface area contributed by atoms with Crippen LogP contribution in [0.25, 0.3) is 0 Å². The van der Waals surface area contributed by atoms with E-state index in [-0.39, 0.29) is 36.4 Å². The summed E-state index contributed by atoms with van der Waals surface area (Å²) in [6.07, 6.45) is 6.00. The third kappa shape index (κ3) is 11.6. The van der Waals surface area contributed by atoms with E-state index in [0.29, 0.717) is 0 Å². The molecule has 0 spiro atoms. The molecule has 25 heavy (non-hydrogen) atoms. The zero-order valence-electron chi connectivity index (χ0n) is 16.5. The number of piperidine rings is 1. The highest BCUT2D eigenvalue weighted by Gasteiger charge is 2.14. The SMILES string of the molecule is CCCCNC(=NCC(=O)N(C)C)NCCCN1CCC(C)CC1.I. The lowest BCUT2D eigenvalue weighted by atomic mass is 9.99. The fourth-order valence-electron chi connectivity index (χ4n) is 2.64. The summed E-state index contributed by atoms with van der Waals surface area (Å²) in [5.41, 5.74) is 0. The largest absolute Gasteiger partial charge is 0.356 e. The van der Waals surface area contributed by atoms with Crippen LogP contribution in [0.3, 0.4) is 0 Å². The molecule has 1 heterocycles. The molecule has 1 rings (SSSR count). The maximum atomic E-state index is 11.7. The maximum absolute atomic E-state index is 11.7. The van der Waals surface area contributed by atoms with Crippen molar-refractivity contribution in [3.8, 4) is 0 Å². The normalized spacial score (nSPS) is 16.2. The molecule has 7 heteroatoms. The first-order chi connectivity index (χ1) is 11.5. The van der Waals surface area contributed by atoms with Crippen LogP contribution in [0, 0.1) is 5.92 Å². The number of rotatable bonds is 9. The average molecular weight is 467 g/mol. The lowest BCUT2D eigenvalue weighted by molar-refractivity contribution is -0.127. The summed E-state index contributed by atoms with van der Waals surface area (Å²) in [7, 11) is 3.52. The number of guanidine groups is 1. The standard InChI is InChI=1S/C18H37N5O.HI/c1-5-6-10-19-18(21-15-17(24)22(3)4)20-11-7-12-23-13-8-16(2)9-14-23;/h16H,5-15H2,1-4H3,(H2,19,20,21);1H. The van der Waals surface area contributed by atoms with Crippen LogP contribution < -0.4 is 10.6 Å². The van der Waals surface area contributed by atoms with E-state index < -0.39 is 0 Å². The number of nitrogens with zero attached hydrogens (tertiary/aromatic N) is 3. The smallest absolute Gasteiger partial charge is 0.243 e. The van der Waals surface area contributed by atoms with E-state index in [4.69, 9.17) is 0 Å². The number of carbonyl (C=O) groups excluding carboxylic acids is 1. The topological polar surface area (TPSA) is 60.0 Å². The molecule has 1 amide bonds. The van der Waals surface area contributed by atoms with Gasteiger partial charge in [0.2, 0.25) is 5.91 Å². The van der Waals surface area contributed by atoms with Crippen molar-refractivity contribution < 1.29 is 4.79 Å². The minimum atomic E-state index is 0. The summed E-state index contributed by atoms with van der Waals surface area (Å²) in [5, 5.41) is 6.68. The van der Waals surface area contributed by atoms with Gasteiger partial charge in [0.25, 0.3) is 0 Å². The highest BCUT2D eigenvalue weighted by Crippen LogP contribution is 2.15. The second-order valence-electron chi connectivity index (χ2n) is 7.04. The Balaban J connectivity index is 0.00000576. The van der Waals surface area contributed by atoms with Crippen LogP contribution in [0.5, 0.6) is 0 Å². The van der Waals surface area contributed by atoms with Crippen LogP contribution >= 0.6 is 24.0 Å².